The molecule has 100 valence electrons. The van der Waals surface area contributed by atoms with Gasteiger partial charge in [0.25, 0.3) is 0 Å². The van der Waals surface area contributed by atoms with E-state index in [9.17, 15) is 0 Å². The van der Waals surface area contributed by atoms with Gasteiger partial charge in [-0.25, -0.2) is 0 Å². The number of hydrogen-bond donors (Lipinski definition) is 0. The van der Waals surface area contributed by atoms with Gasteiger partial charge in [0.05, 0.1) is 0 Å². The zero-order valence-corrected chi connectivity index (χ0v) is 12.2. The molecule has 0 bridgehead atoms. The molecule has 1 nitrogen and oxygen atoms in total. The van der Waals surface area contributed by atoms with Crippen LogP contribution in [0.3, 0.4) is 0 Å². The quantitative estimate of drug-likeness (QED) is 0.633. The van der Waals surface area contributed by atoms with Crippen LogP contribution in [0.2, 0.25) is 0 Å². The Morgan fingerprint density at radius 1 is 1.05 bits per heavy atom. The van der Waals surface area contributed by atoms with Crippen molar-refractivity contribution in [3.8, 4) is 11.5 Å². The van der Waals surface area contributed by atoms with Gasteiger partial charge < -0.3 is 4.74 Å². The summed E-state index contributed by atoms with van der Waals surface area (Å²) in [6.07, 6.45) is 1.15. The summed E-state index contributed by atoms with van der Waals surface area (Å²) in [6.45, 7) is 4.44. The first-order valence-corrected chi connectivity index (χ1v) is 7.19. The topological polar surface area (TPSA) is 9.23 Å². The summed E-state index contributed by atoms with van der Waals surface area (Å²) in [5.74, 6) is 2.78. The molecule has 2 aromatic rings. The third-order valence-electron chi connectivity index (χ3n) is 3.35. The smallest absolute Gasteiger partial charge is 0.127 e. The summed E-state index contributed by atoms with van der Waals surface area (Å²) < 4.78 is 5.83. The van der Waals surface area contributed by atoms with Crippen molar-refractivity contribution in [3.05, 3.63) is 59.7 Å². The highest BCUT2D eigenvalue weighted by Gasteiger charge is 2.03. The maximum absolute atomic E-state index is 5.83. The fourth-order valence-electron chi connectivity index (χ4n) is 1.93. The lowest BCUT2D eigenvalue weighted by molar-refractivity contribution is 0.482. The molecule has 0 heterocycles. The third-order valence-corrected chi connectivity index (χ3v) is 3.66. The Bertz CT molecular complexity index is 519. The van der Waals surface area contributed by atoms with Gasteiger partial charge in [-0.15, -0.1) is 11.6 Å². The van der Waals surface area contributed by atoms with Crippen LogP contribution in [0.15, 0.2) is 48.5 Å². The van der Waals surface area contributed by atoms with Crippen molar-refractivity contribution < 1.29 is 4.74 Å². The molecule has 0 aliphatic heterocycles. The van der Waals surface area contributed by atoms with Crippen LogP contribution < -0.4 is 4.74 Å². The Hall–Kier alpha value is -1.47. The maximum Gasteiger partial charge on any atom is 0.127 e. The van der Waals surface area contributed by atoms with Crippen LogP contribution in [0.25, 0.3) is 0 Å². The highest BCUT2D eigenvalue weighted by molar-refractivity contribution is 6.17. The maximum atomic E-state index is 5.83. The first-order chi connectivity index (χ1) is 9.22. The van der Waals surface area contributed by atoms with E-state index in [1.54, 1.807) is 0 Å². The number of benzene rings is 2. The molecule has 1 unspecified atom stereocenters. The second kappa shape index (κ2) is 6.63. The molecule has 0 saturated heterocycles. The molecular formula is C17H19ClO. The monoisotopic (exact) mass is 274 g/mol. The Kier molecular flexibility index (Phi) is 4.86. The van der Waals surface area contributed by atoms with Gasteiger partial charge in [-0.2, -0.15) is 0 Å². The fourth-order valence-corrected chi connectivity index (χ4v) is 2.09. The van der Waals surface area contributed by atoms with Gasteiger partial charge in [0, 0.05) is 5.88 Å². The summed E-state index contributed by atoms with van der Waals surface area (Å²) in [5, 5.41) is 0. The van der Waals surface area contributed by atoms with Crippen LogP contribution in [0, 0.1) is 0 Å². The van der Waals surface area contributed by atoms with Crippen LogP contribution in [0.1, 0.15) is 37.3 Å². The molecule has 2 heteroatoms. The molecule has 2 rings (SSSR count). The number of halogens is 1. The Labute approximate surface area is 120 Å². The molecule has 0 aliphatic carbocycles. The van der Waals surface area contributed by atoms with Crippen LogP contribution in [-0.2, 0) is 5.88 Å². The molecule has 2 aromatic carbocycles. The molecule has 0 spiro atoms. The van der Waals surface area contributed by atoms with Gasteiger partial charge in [-0.1, -0.05) is 38.1 Å². The predicted molar refractivity (Wildman–Crippen MR) is 81.2 cm³/mol. The van der Waals surface area contributed by atoms with Crippen molar-refractivity contribution in [1.29, 1.82) is 0 Å². The normalized spacial score (nSPS) is 12.2. The zero-order valence-electron chi connectivity index (χ0n) is 11.4. The summed E-state index contributed by atoms with van der Waals surface area (Å²) in [6, 6.07) is 16.2. The van der Waals surface area contributed by atoms with Crippen molar-refractivity contribution in [3.63, 3.8) is 0 Å². The third kappa shape index (κ3) is 3.74. The molecular weight excluding hydrogens is 256 g/mol. The lowest BCUT2D eigenvalue weighted by Gasteiger charge is -2.11. The largest absolute Gasteiger partial charge is 0.457 e. The summed E-state index contributed by atoms with van der Waals surface area (Å²) >= 11 is 5.82. The van der Waals surface area contributed by atoms with E-state index in [0.717, 1.165) is 23.5 Å². The molecule has 19 heavy (non-hydrogen) atoms. The first-order valence-electron chi connectivity index (χ1n) is 6.65. The van der Waals surface area contributed by atoms with Gasteiger partial charge in [0.15, 0.2) is 0 Å². The van der Waals surface area contributed by atoms with E-state index in [1.807, 2.05) is 36.4 Å². The van der Waals surface area contributed by atoms with E-state index in [0.29, 0.717) is 11.8 Å². The van der Waals surface area contributed by atoms with Crippen molar-refractivity contribution in [1.82, 2.24) is 0 Å². The Balaban J connectivity index is 2.10. The minimum Gasteiger partial charge on any atom is -0.457 e. The SMILES string of the molecule is CCC(C)c1ccc(Oc2cccc(CCl)c2)cc1. The second-order valence-electron chi connectivity index (χ2n) is 4.76. The van der Waals surface area contributed by atoms with E-state index in [1.165, 1.54) is 5.56 Å². The van der Waals surface area contributed by atoms with E-state index in [4.69, 9.17) is 16.3 Å². The molecule has 0 aliphatic rings. The number of ether oxygens (including phenoxy) is 1. The molecule has 0 fully saturated rings. The number of hydrogen-bond acceptors (Lipinski definition) is 1. The Morgan fingerprint density at radius 3 is 2.42 bits per heavy atom. The van der Waals surface area contributed by atoms with Crippen molar-refractivity contribution in [2.45, 2.75) is 32.1 Å². The van der Waals surface area contributed by atoms with E-state index < -0.39 is 0 Å². The zero-order chi connectivity index (χ0) is 13.7. The first kappa shape index (κ1) is 14.0. The van der Waals surface area contributed by atoms with Crippen LogP contribution in [0.4, 0.5) is 0 Å². The van der Waals surface area contributed by atoms with Gasteiger partial charge in [-0.05, 0) is 47.7 Å². The molecule has 0 N–H and O–H groups in total. The Morgan fingerprint density at radius 2 is 1.79 bits per heavy atom. The standard InChI is InChI=1S/C17H19ClO/c1-3-13(2)15-7-9-16(10-8-15)19-17-6-4-5-14(11-17)12-18/h4-11,13H,3,12H2,1-2H3. The summed E-state index contributed by atoms with van der Waals surface area (Å²) in [4.78, 5) is 0. The van der Waals surface area contributed by atoms with E-state index >= 15 is 0 Å². The van der Waals surface area contributed by atoms with Gasteiger partial charge >= 0.3 is 0 Å². The average Bonchev–Trinajstić information content (AvgIpc) is 2.47. The van der Waals surface area contributed by atoms with Crippen molar-refractivity contribution >= 4 is 11.6 Å². The lowest BCUT2D eigenvalue weighted by atomic mass is 9.99. The minimum absolute atomic E-state index is 0.504. The minimum atomic E-state index is 0.504. The number of rotatable bonds is 5. The average molecular weight is 275 g/mol. The number of alkyl halides is 1. The second-order valence-corrected chi connectivity index (χ2v) is 5.03. The van der Waals surface area contributed by atoms with Crippen molar-refractivity contribution in [2.24, 2.45) is 0 Å². The van der Waals surface area contributed by atoms with Gasteiger partial charge in [0.2, 0.25) is 0 Å². The van der Waals surface area contributed by atoms with Crippen LogP contribution in [-0.4, -0.2) is 0 Å². The van der Waals surface area contributed by atoms with Crippen molar-refractivity contribution in [2.75, 3.05) is 0 Å². The molecule has 0 amide bonds. The molecule has 0 aromatic heterocycles. The fraction of sp³-hybridized carbons (Fsp3) is 0.294. The molecule has 1 atom stereocenters. The molecule has 0 saturated carbocycles. The molecule has 0 radical (unpaired) electrons. The van der Waals surface area contributed by atoms with Crippen LogP contribution >= 0.6 is 11.6 Å². The van der Waals surface area contributed by atoms with Crippen LogP contribution in [0.5, 0.6) is 11.5 Å². The summed E-state index contributed by atoms with van der Waals surface area (Å²) in [5.41, 5.74) is 2.42. The summed E-state index contributed by atoms with van der Waals surface area (Å²) in [7, 11) is 0. The van der Waals surface area contributed by atoms with Gasteiger partial charge in [0.1, 0.15) is 11.5 Å². The van der Waals surface area contributed by atoms with Gasteiger partial charge in [-0.3, -0.25) is 0 Å². The highest BCUT2D eigenvalue weighted by atomic mass is 35.5. The van der Waals surface area contributed by atoms with E-state index in [2.05, 4.69) is 26.0 Å². The lowest BCUT2D eigenvalue weighted by Crippen LogP contribution is -1.91. The van der Waals surface area contributed by atoms with E-state index in [-0.39, 0.29) is 0 Å². The predicted octanol–water partition coefficient (Wildman–Crippen LogP) is 5.73. The highest BCUT2D eigenvalue weighted by Crippen LogP contribution is 2.26.